The topological polar surface area (TPSA) is 24.1 Å². The molecule has 0 spiro atoms. The van der Waals surface area contributed by atoms with E-state index in [1.54, 1.807) is 11.3 Å². The summed E-state index contributed by atoms with van der Waals surface area (Å²) in [5.41, 5.74) is 7.86. The van der Waals surface area contributed by atoms with Crippen LogP contribution in [0.15, 0.2) is 96.7 Å². The van der Waals surface area contributed by atoms with Gasteiger partial charge in [-0.15, -0.1) is 11.3 Å². The lowest BCUT2D eigenvalue weighted by atomic mass is 10.0. The van der Waals surface area contributed by atoms with Gasteiger partial charge in [0.25, 0.3) is 0 Å². The summed E-state index contributed by atoms with van der Waals surface area (Å²) in [6.07, 6.45) is 2.96. The molecule has 1 aromatic heterocycles. The van der Waals surface area contributed by atoms with Crippen molar-refractivity contribution >= 4 is 22.6 Å². The summed E-state index contributed by atoms with van der Waals surface area (Å²) in [6.45, 7) is 13.3. The predicted molar refractivity (Wildman–Crippen MR) is 128 cm³/mol. The maximum Gasteiger partial charge on any atom is 0.0397 e. The minimum Gasteiger partial charge on any atom is -0.384 e. The van der Waals surface area contributed by atoms with Gasteiger partial charge in [0.2, 0.25) is 0 Å². The minimum absolute atomic E-state index is 0.778. The van der Waals surface area contributed by atoms with E-state index in [1.807, 2.05) is 0 Å². The number of hydrogen-bond acceptors (Lipinski definition) is 3. The highest BCUT2D eigenvalue weighted by atomic mass is 32.1. The molecule has 0 saturated heterocycles. The zero-order chi connectivity index (χ0) is 20.6. The van der Waals surface area contributed by atoms with Gasteiger partial charge in [-0.05, 0) is 65.8 Å². The molecule has 29 heavy (non-hydrogen) atoms. The van der Waals surface area contributed by atoms with Gasteiger partial charge in [-0.2, -0.15) is 0 Å². The van der Waals surface area contributed by atoms with E-state index in [0.29, 0.717) is 0 Å². The van der Waals surface area contributed by atoms with E-state index in [9.17, 15) is 0 Å². The van der Waals surface area contributed by atoms with Crippen LogP contribution >= 0.6 is 11.3 Å². The predicted octanol–water partition coefficient (Wildman–Crippen LogP) is 6.93. The Hall–Kier alpha value is -3.04. The molecule has 1 heterocycles. The molecule has 0 bridgehead atoms. The van der Waals surface area contributed by atoms with Crippen molar-refractivity contribution in [3.63, 3.8) is 0 Å². The van der Waals surface area contributed by atoms with Gasteiger partial charge in [-0.3, -0.25) is 0 Å². The van der Waals surface area contributed by atoms with Crippen molar-refractivity contribution in [3.05, 3.63) is 118 Å². The highest BCUT2D eigenvalue weighted by molar-refractivity contribution is 7.09. The van der Waals surface area contributed by atoms with Crippen LogP contribution in [0.1, 0.15) is 28.5 Å². The molecule has 3 heteroatoms. The molecule has 148 valence electrons. The average Bonchev–Trinajstić information content (AvgIpc) is 3.20. The van der Waals surface area contributed by atoms with E-state index in [-0.39, 0.29) is 0 Å². The molecule has 0 radical (unpaired) electrons. The number of allylic oxidation sites excluding steroid dienone is 4. The molecule has 2 nitrogen and oxygen atoms in total. The van der Waals surface area contributed by atoms with Gasteiger partial charge in [0, 0.05) is 34.9 Å². The second kappa shape index (κ2) is 9.94. The van der Waals surface area contributed by atoms with Crippen molar-refractivity contribution in [2.45, 2.75) is 26.8 Å². The van der Waals surface area contributed by atoms with Crippen LogP contribution in [0.3, 0.4) is 0 Å². The lowest BCUT2D eigenvalue weighted by molar-refractivity contribution is 0.813. The molecule has 2 N–H and O–H groups in total. The summed E-state index contributed by atoms with van der Waals surface area (Å²) in [5, 5.41) is 8.96. The van der Waals surface area contributed by atoms with Crippen LogP contribution in [0.25, 0.3) is 5.57 Å². The summed E-state index contributed by atoms with van der Waals surface area (Å²) < 4.78 is 0. The third-order valence-corrected chi connectivity index (χ3v) is 5.57. The summed E-state index contributed by atoms with van der Waals surface area (Å²) in [5.74, 6) is 0. The zero-order valence-corrected chi connectivity index (χ0v) is 18.0. The first-order valence-corrected chi connectivity index (χ1v) is 10.6. The molecule has 0 amide bonds. The molecular formula is C26H28N2S. The number of anilines is 1. The second-order valence-electron chi connectivity index (χ2n) is 7.20. The Morgan fingerprint density at radius 2 is 1.76 bits per heavy atom. The Labute approximate surface area is 178 Å². The fourth-order valence-corrected chi connectivity index (χ4v) is 3.89. The molecule has 0 aliphatic heterocycles. The van der Waals surface area contributed by atoms with Gasteiger partial charge in [0.15, 0.2) is 0 Å². The molecule has 0 aliphatic rings. The maximum absolute atomic E-state index is 4.21. The van der Waals surface area contributed by atoms with Gasteiger partial charge in [0.05, 0.1) is 0 Å². The van der Waals surface area contributed by atoms with Crippen molar-refractivity contribution < 1.29 is 0 Å². The molecule has 0 aliphatic carbocycles. The molecular weight excluding hydrogens is 372 g/mol. The van der Waals surface area contributed by atoms with Gasteiger partial charge >= 0.3 is 0 Å². The fraction of sp³-hybridized carbons (Fsp3) is 0.154. The van der Waals surface area contributed by atoms with Gasteiger partial charge in [-0.25, -0.2) is 0 Å². The summed E-state index contributed by atoms with van der Waals surface area (Å²) >= 11 is 1.76. The smallest absolute Gasteiger partial charge is 0.0397 e. The Bertz CT molecular complexity index is 995. The molecule has 2 aromatic carbocycles. The van der Waals surface area contributed by atoms with Crippen LogP contribution in [-0.4, -0.2) is 0 Å². The van der Waals surface area contributed by atoms with E-state index in [2.05, 4.69) is 110 Å². The van der Waals surface area contributed by atoms with E-state index in [4.69, 9.17) is 0 Å². The van der Waals surface area contributed by atoms with E-state index < -0.39 is 0 Å². The van der Waals surface area contributed by atoms with Gasteiger partial charge in [0.1, 0.15) is 0 Å². The van der Waals surface area contributed by atoms with Crippen molar-refractivity contribution in [1.29, 1.82) is 0 Å². The monoisotopic (exact) mass is 400 g/mol. The highest BCUT2D eigenvalue weighted by Gasteiger charge is 2.02. The maximum atomic E-state index is 4.21. The van der Waals surface area contributed by atoms with Crippen molar-refractivity contribution in [1.82, 2.24) is 5.32 Å². The first-order chi connectivity index (χ1) is 14.0. The Morgan fingerprint density at radius 1 is 1.00 bits per heavy atom. The van der Waals surface area contributed by atoms with Crippen LogP contribution in [0.4, 0.5) is 5.69 Å². The number of thiophene rings is 1. The number of aryl methyl sites for hydroxylation is 1. The van der Waals surface area contributed by atoms with Crippen LogP contribution in [0.2, 0.25) is 0 Å². The van der Waals surface area contributed by atoms with E-state index >= 15 is 0 Å². The first-order valence-electron chi connectivity index (χ1n) is 9.74. The third kappa shape index (κ3) is 6.23. The SMILES string of the molecule is C=C(Cc1cccs1)Nc1ccc(CN/C(C)=C/C(=C)c2ccccc2C)cc1. The van der Waals surface area contributed by atoms with Crippen LogP contribution in [-0.2, 0) is 13.0 Å². The van der Waals surface area contributed by atoms with Gasteiger partial charge in [-0.1, -0.05) is 55.6 Å². The van der Waals surface area contributed by atoms with E-state index in [1.165, 1.54) is 21.6 Å². The third-order valence-electron chi connectivity index (χ3n) is 4.70. The van der Waals surface area contributed by atoms with Crippen LogP contribution < -0.4 is 10.6 Å². The molecule has 3 aromatic rings. The largest absolute Gasteiger partial charge is 0.384 e. The minimum atomic E-state index is 0.778. The highest BCUT2D eigenvalue weighted by Crippen LogP contribution is 2.19. The molecule has 3 rings (SSSR count). The van der Waals surface area contributed by atoms with E-state index in [0.717, 1.165) is 35.6 Å². The Kier molecular flexibility index (Phi) is 7.09. The first kappa shape index (κ1) is 20.7. The second-order valence-corrected chi connectivity index (χ2v) is 8.23. The average molecular weight is 401 g/mol. The lowest BCUT2D eigenvalue weighted by Crippen LogP contribution is -2.10. The fourth-order valence-electron chi connectivity index (χ4n) is 3.14. The lowest BCUT2D eigenvalue weighted by Gasteiger charge is -2.11. The molecule has 0 atom stereocenters. The zero-order valence-electron chi connectivity index (χ0n) is 17.2. The van der Waals surface area contributed by atoms with Crippen LogP contribution in [0, 0.1) is 6.92 Å². The normalized spacial score (nSPS) is 11.2. The number of benzene rings is 2. The summed E-state index contributed by atoms with van der Waals surface area (Å²) in [4.78, 5) is 1.32. The molecule has 0 saturated carbocycles. The quantitative estimate of drug-likeness (QED) is 0.380. The van der Waals surface area contributed by atoms with Crippen LogP contribution in [0.5, 0.6) is 0 Å². The standard InChI is InChI=1S/C26H28N2S/c1-19-8-5-6-10-26(19)20(2)16-21(3)27-18-23-11-13-24(14-12-23)28-22(4)17-25-9-7-15-29-25/h5-16,27-28H,2,4,17-18H2,1,3H3/b21-16+. The van der Waals surface area contributed by atoms with Crippen molar-refractivity contribution in [2.75, 3.05) is 5.32 Å². The number of hydrogen-bond donors (Lipinski definition) is 2. The number of rotatable bonds is 9. The number of nitrogens with one attached hydrogen (secondary N) is 2. The van der Waals surface area contributed by atoms with Gasteiger partial charge < -0.3 is 10.6 Å². The molecule has 0 fully saturated rings. The Balaban J connectivity index is 1.51. The summed E-state index contributed by atoms with van der Waals surface area (Å²) in [7, 11) is 0. The van der Waals surface area contributed by atoms with Crippen molar-refractivity contribution in [2.24, 2.45) is 0 Å². The summed E-state index contributed by atoms with van der Waals surface area (Å²) in [6, 6.07) is 21.0. The Morgan fingerprint density at radius 3 is 2.45 bits per heavy atom. The molecule has 0 unspecified atom stereocenters. The van der Waals surface area contributed by atoms with Crippen molar-refractivity contribution in [3.8, 4) is 0 Å².